The summed E-state index contributed by atoms with van der Waals surface area (Å²) in [5, 5.41) is 48.9. The van der Waals surface area contributed by atoms with Crippen molar-refractivity contribution in [3.05, 3.63) is 17.2 Å². The van der Waals surface area contributed by atoms with Crippen molar-refractivity contribution < 1.29 is 35.1 Å². The van der Waals surface area contributed by atoms with Gasteiger partial charge in [-0.25, -0.2) is 0 Å². The van der Waals surface area contributed by atoms with Gasteiger partial charge in [0.25, 0.3) is 0 Å². The van der Waals surface area contributed by atoms with Gasteiger partial charge in [-0.2, -0.15) is 0 Å². The van der Waals surface area contributed by atoms with Gasteiger partial charge >= 0.3 is 11.9 Å². The number of carboxylic acid groups (broad SMARTS) is 2. The molecule has 2 rings (SSSR count). The Bertz CT molecular complexity index is 778. The molecule has 0 bridgehead atoms. The highest BCUT2D eigenvalue weighted by Gasteiger charge is 2.49. The molecule has 168 valence electrons. The smallest absolute Gasteiger partial charge is 0.309 e. The first kappa shape index (κ1) is 23.8. The molecule has 1 aromatic rings. The molecular formula is C23H34O7. The number of carbonyl (C=O) groups is 2. The lowest BCUT2D eigenvalue weighted by atomic mass is 9.86. The number of hydrogen-bond donors (Lipinski definition) is 5. The largest absolute Gasteiger partial charge is 0.508 e. The Kier molecular flexibility index (Phi) is 7.61. The first-order valence-electron chi connectivity index (χ1n) is 10.7. The molecule has 1 fully saturated rings. The van der Waals surface area contributed by atoms with Crippen LogP contribution in [0.1, 0.15) is 82.8 Å². The van der Waals surface area contributed by atoms with Crippen molar-refractivity contribution in [2.24, 2.45) is 10.8 Å². The molecule has 5 N–H and O–H groups in total. The molecule has 7 heteroatoms. The van der Waals surface area contributed by atoms with Gasteiger partial charge in [-0.1, -0.05) is 19.3 Å². The van der Waals surface area contributed by atoms with Gasteiger partial charge in [-0.15, -0.1) is 0 Å². The first-order valence-corrected chi connectivity index (χ1v) is 10.7. The lowest BCUT2D eigenvalue weighted by Gasteiger charge is -2.19. The summed E-state index contributed by atoms with van der Waals surface area (Å²) in [4.78, 5) is 22.5. The van der Waals surface area contributed by atoms with E-state index >= 15 is 0 Å². The number of benzene rings is 1. The van der Waals surface area contributed by atoms with E-state index in [1.807, 2.05) is 0 Å². The second kappa shape index (κ2) is 9.58. The van der Waals surface area contributed by atoms with Crippen LogP contribution in [0.4, 0.5) is 0 Å². The number of aromatic hydroxyl groups is 3. The van der Waals surface area contributed by atoms with Gasteiger partial charge in [0.15, 0.2) is 11.5 Å². The van der Waals surface area contributed by atoms with Crippen LogP contribution in [0.25, 0.3) is 0 Å². The Balaban J connectivity index is 1.92. The Morgan fingerprint density at radius 3 is 2.07 bits per heavy atom. The molecular weight excluding hydrogens is 388 g/mol. The van der Waals surface area contributed by atoms with Crippen LogP contribution in [-0.2, 0) is 22.4 Å². The van der Waals surface area contributed by atoms with E-state index in [9.17, 15) is 35.1 Å². The summed E-state index contributed by atoms with van der Waals surface area (Å²) < 4.78 is 0. The third-order valence-corrected chi connectivity index (χ3v) is 6.42. The summed E-state index contributed by atoms with van der Waals surface area (Å²) in [5.74, 6) is -2.21. The molecule has 1 aromatic carbocycles. The molecule has 0 aliphatic heterocycles. The highest BCUT2D eigenvalue weighted by molar-refractivity contribution is 5.77. The van der Waals surface area contributed by atoms with Gasteiger partial charge in [-0.05, 0) is 65.2 Å². The molecule has 0 atom stereocenters. The van der Waals surface area contributed by atoms with Crippen LogP contribution in [0.15, 0.2) is 6.07 Å². The monoisotopic (exact) mass is 422 g/mol. The zero-order chi connectivity index (χ0) is 22.5. The fourth-order valence-corrected chi connectivity index (χ4v) is 3.92. The molecule has 0 amide bonds. The molecule has 30 heavy (non-hydrogen) atoms. The minimum absolute atomic E-state index is 0.0689. The van der Waals surface area contributed by atoms with E-state index < -0.39 is 22.8 Å². The molecule has 0 aromatic heterocycles. The third kappa shape index (κ3) is 5.80. The number of hydrogen-bond acceptors (Lipinski definition) is 5. The first-order chi connectivity index (χ1) is 14.0. The molecule has 1 aliphatic carbocycles. The summed E-state index contributed by atoms with van der Waals surface area (Å²) in [7, 11) is 0. The van der Waals surface area contributed by atoms with E-state index in [0.717, 1.165) is 31.7 Å². The average molecular weight is 423 g/mol. The predicted molar refractivity (Wildman–Crippen MR) is 112 cm³/mol. The van der Waals surface area contributed by atoms with Crippen LogP contribution in [-0.4, -0.2) is 37.5 Å². The predicted octanol–water partition coefficient (Wildman–Crippen LogP) is 4.59. The van der Waals surface area contributed by atoms with Crippen LogP contribution < -0.4 is 0 Å². The third-order valence-electron chi connectivity index (χ3n) is 6.42. The van der Waals surface area contributed by atoms with Crippen molar-refractivity contribution in [1.82, 2.24) is 0 Å². The van der Waals surface area contributed by atoms with Gasteiger partial charge in [0, 0.05) is 17.2 Å². The van der Waals surface area contributed by atoms with E-state index in [-0.39, 0.29) is 17.2 Å². The summed E-state index contributed by atoms with van der Waals surface area (Å²) in [6.07, 6.45) is 7.23. The fourth-order valence-electron chi connectivity index (χ4n) is 3.92. The molecule has 0 heterocycles. The highest BCUT2D eigenvalue weighted by Crippen LogP contribution is 2.50. The van der Waals surface area contributed by atoms with Crippen molar-refractivity contribution in [2.45, 2.75) is 84.5 Å². The Hall–Kier alpha value is -2.44. The van der Waals surface area contributed by atoms with Gasteiger partial charge < -0.3 is 25.5 Å². The maximum absolute atomic E-state index is 11.2. The van der Waals surface area contributed by atoms with Crippen molar-refractivity contribution in [2.75, 3.05) is 0 Å². The number of aliphatic carboxylic acids is 2. The highest BCUT2D eigenvalue weighted by atomic mass is 16.4. The van der Waals surface area contributed by atoms with Crippen molar-refractivity contribution >= 4 is 11.9 Å². The van der Waals surface area contributed by atoms with Crippen molar-refractivity contribution in [3.63, 3.8) is 0 Å². The second-order valence-electron chi connectivity index (χ2n) is 9.26. The Labute approximate surface area is 177 Å². The second-order valence-corrected chi connectivity index (χ2v) is 9.26. The van der Waals surface area contributed by atoms with Crippen LogP contribution in [0, 0.1) is 10.8 Å². The number of carboxylic acids is 2. The molecule has 0 unspecified atom stereocenters. The number of unbranched alkanes of at least 4 members (excludes halogenated alkanes) is 3. The average Bonchev–Trinajstić information content (AvgIpc) is 3.45. The van der Waals surface area contributed by atoms with Crippen LogP contribution >= 0.6 is 0 Å². The number of phenols is 3. The normalized spacial score (nSPS) is 15.1. The van der Waals surface area contributed by atoms with Gasteiger partial charge in [-0.3, -0.25) is 9.59 Å². The topological polar surface area (TPSA) is 135 Å². The van der Waals surface area contributed by atoms with E-state index in [2.05, 4.69) is 0 Å². The van der Waals surface area contributed by atoms with Crippen molar-refractivity contribution in [1.29, 1.82) is 0 Å². The Morgan fingerprint density at radius 2 is 1.50 bits per heavy atom. The zero-order valence-electron chi connectivity index (χ0n) is 17.9. The minimum atomic E-state index is -0.843. The molecule has 1 saturated carbocycles. The standard InChI is InChI=1S/C23H34O7/c1-22(2,20(27)28)10-7-5-8-15-16(19(26)18(25)14-17(15)24)9-4-3-6-11-23(12-13-23)21(29)30/h14,24-26H,3-13H2,1-2H3,(H,27,28)(H,29,30). The molecule has 0 radical (unpaired) electrons. The number of phenolic OH excluding ortho intramolecular Hbond substituents is 3. The fraction of sp³-hybridized carbons (Fsp3) is 0.652. The SMILES string of the molecule is CC(C)(CCCCc1c(O)cc(O)c(O)c1CCCCCC1(C(=O)O)CC1)C(=O)O. The lowest BCUT2D eigenvalue weighted by molar-refractivity contribution is -0.147. The van der Waals surface area contributed by atoms with Gasteiger partial charge in [0.1, 0.15) is 5.75 Å². The van der Waals surface area contributed by atoms with Crippen molar-refractivity contribution in [3.8, 4) is 17.2 Å². The Morgan fingerprint density at radius 1 is 0.900 bits per heavy atom. The van der Waals surface area contributed by atoms with E-state index in [1.165, 1.54) is 0 Å². The summed E-state index contributed by atoms with van der Waals surface area (Å²) in [6, 6.07) is 1.14. The van der Waals surface area contributed by atoms with E-state index in [1.54, 1.807) is 13.8 Å². The minimum Gasteiger partial charge on any atom is -0.508 e. The van der Waals surface area contributed by atoms with Gasteiger partial charge in [0.05, 0.1) is 10.8 Å². The van der Waals surface area contributed by atoms with Crippen LogP contribution in [0.3, 0.4) is 0 Å². The lowest BCUT2D eigenvalue weighted by Crippen LogP contribution is -2.23. The maximum Gasteiger partial charge on any atom is 0.309 e. The van der Waals surface area contributed by atoms with Gasteiger partial charge in [0.2, 0.25) is 0 Å². The maximum atomic E-state index is 11.2. The van der Waals surface area contributed by atoms with Crippen LogP contribution in [0.5, 0.6) is 17.2 Å². The van der Waals surface area contributed by atoms with Crippen LogP contribution in [0.2, 0.25) is 0 Å². The summed E-state index contributed by atoms with van der Waals surface area (Å²) in [5.41, 5.74) is -0.232. The molecule has 0 saturated heterocycles. The molecule has 0 spiro atoms. The summed E-state index contributed by atoms with van der Waals surface area (Å²) >= 11 is 0. The zero-order valence-corrected chi connectivity index (χ0v) is 17.9. The summed E-state index contributed by atoms with van der Waals surface area (Å²) in [6.45, 7) is 3.36. The number of rotatable bonds is 13. The molecule has 7 nitrogen and oxygen atoms in total. The van der Waals surface area contributed by atoms with E-state index in [4.69, 9.17) is 0 Å². The van der Waals surface area contributed by atoms with E-state index in [0.29, 0.717) is 56.1 Å². The quantitative estimate of drug-likeness (QED) is 0.178. The molecule has 1 aliphatic rings.